The molecule has 3 atom stereocenters. The van der Waals surface area contributed by atoms with Crippen molar-refractivity contribution < 1.29 is 18.8 Å². The highest BCUT2D eigenvalue weighted by molar-refractivity contribution is 6.04. The Morgan fingerprint density at radius 2 is 1.93 bits per heavy atom. The standard InChI is InChI=1S/C22H25FN4O3/c1-12(2)16(23)4-5-20(29)18-9-14-8-17(14)27(18)21(30)11-26-19-10-24-7-6-15(19)22(25-26)13(3)28/h6-7,10,14,17-18H,4-5,8-9,11H2,1-3H3/t14-,17-,18+/m1/s1. The number of halogens is 1. The van der Waals surface area contributed by atoms with Crippen molar-refractivity contribution in [2.24, 2.45) is 5.92 Å². The van der Waals surface area contributed by atoms with Crippen molar-refractivity contribution in [3.05, 3.63) is 35.6 Å². The maximum Gasteiger partial charge on any atom is 0.245 e. The zero-order chi connectivity index (χ0) is 21.6. The highest BCUT2D eigenvalue weighted by Crippen LogP contribution is 2.48. The number of piperidine rings is 1. The Kier molecular flexibility index (Phi) is 5.26. The Balaban J connectivity index is 1.53. The highest BCUT2D eigenvalue weighted by Gasteiger charge is 2.55. The molecule has 1 amide bonds. The number of aromatic nitrogens is 3. The van der Waals surface area contributed by atoms with Gasteiger partial charge in [0.2, 0.25) is 5.91 Å². The van der Waals surface area contributed by atoms with Crippen molar-refractivity contribution in [2.45, 2.75) is 65.1 Å². The number of hydrogen-bond donors (Lipinski definition) is 0. The molecular formula is C22H25FN4O3. The second-order valence-electron chi connectivity index (χ2n) is 8.44. The van der Waals surface area contributed by atoms with E-state index in [1.54, 1.807) is 37.2 Å². The summed E-state index contributed by atoms with van der Waals surface area (Å²) in [4.78, 5) is 43.6. The lowest BCUT2D eigenvalue weighted by atomic mass is 10.0. The number of rotatable bonds is 7. The third-order valence-electron chi connectivity index (χ3n) is 6.07. The monoisotopic (exact) mass is 412 g/mol. The van der Waals surface area contributed by atoms with Gasteiger partial charge in [0, 0.05) is 37.4 Å². The van der Waals surface area contributed by atoms with Crippen molar-refractivity contribution in [1.82, 2.24) is 19.7 Å². The first-order valence-corrected chi connectivity index (χ1v) is 10.2. The maximum atomic E-state index is 13.8. The lowest BCUT2D eigenvalue weighted by molar-refractivity contribution is -0.139. The molecule has 0 aromatic carbocycles. The van der Waals surface area contributed by atoms with Gasteiger partial charge in [-0.25, -0.2) is 4.39 Å². The summed E-state index contributed by atoms with van der Waals surface area (Å²) in [6.45, 7) is 4.73. The minimum absolute atomic E-state index is 0.0647. The number of allylic oxidation sites excluding steroid dienone is 2. The molecule has 2 aromatic rings. The molecular weight excluding hydrogens is 387 g/mol. The number of amides is 1. The highest BCUT2D eigenvalue weighted by atomic mass is 19.1. The number of likely N-dealkylation sites (tertiary alicyclic amines) is 1. The molecule has 2 fully saturated rings. The van der Waals surface area contributed by atoms with E-state index in [9.17, 15) is 18.8 Å². The predicted molar refractivity (Wildman–Crippen MR) is 108 cm³/mol. The van der Waals surface area contributed by atoms with E-state index >= 15 is 0 Å². The summed E-state index contributed by atoms with van der Waals surface area (Å²) in [5.74, 6) is -0.403. The molecule has 2 aromatic heterocycles. The van der Waals surface area contributed by atoms with Gasteiger partial charge in [0.1, 0.15) is 12.2 Å². The minimum Gasteiger partial charge on any atom is -0.328 e. The van der Waals surface area contributed by atoms with Gasteiger partial charge in [0.15, 0.2) is 11.6 Å². The topological polar surface area (TPSA) is 85.2 Å². The van der Waals surface area contributed by atoms with E-state index in [1.165, 1.54) is 11.6 Å². The molecule has 8 heteroatoms. The van der Waals surface area contributed by atoms with Crippen LogP contribution in [0.15, 0.2) is 29.9 Å². The van der Waals surface area contributed by atoms with Crippen molar-refractivity contribution in [3.8, 4) is 0 Å². The Hall–Kier alpha value is -2.90. The van der Waals surface area contributed by atoms with Gasteiger partial charge < -0.3 is 4.90 Å². The van der Waals surface area contributed by atoms with Gasteiger partial charge in [-0.2, -0.15) is 5.10 Å². The van der Waals surface area contributed by atoms with Crippen LogP contribution in [0.2, 0.25) is 0 Å². The molecule has 1 saturated carbocycles. The Labute approximate surface area is 173 Å². The summed E-state index contributed by atoms with van der Waals surface area (Å²) in [6.07, 6.45) is 4.87. The van der Waals surface area contributed by atoms with Gasteiger partial charge >= 0.3 is 0 Å². The molecule has 30 heavy (non-hydrogen) atoms. The first-order chi connectivity index (χ1) is 14.3. The zero-order valence-corrected chi connectivity index (χ0v) is 17.4. The second-order valence-corrected chi connectivity index (χ2v) is 8.44. The van der Waals surface area contributed by atoms with E-state index in [-0.39, 0.29) is 48.7 Å². The van der Waals surface area contributed by atoms with Crippen LogP contribution in [0.25, 0.3) is 10.9 Å². The molecule has 4 rings (SSSR count). The number of nitrogens with zero attached hydrogens (tertiary/aromatic N) is 4. The van der Waals surface area contributed by atoms with Gasteiger partial charge in [-0.05, 0) is 44.2 Å². The SMILES string of the molecule is CC(=O)c1nn(CC(=O)N2[C@@H]3C[C@@H]3C[C@H]2C(=O)CCC(F)=C(C)C)c2cnccc12. The quantitative estimate of drug-likeness (QED) is 0.652. The van der Waals surface area contributed by atoms with Crippen LogP contribution >= 0.6 is 0 Å². The summed E-state index contributed by atoms with van der Waals surface area (Å²) in [7, 11) is 0. The van der Waals surface area contributed by atoms with Crippen molar-refractivity contribution >= 4 is 28.4 Å². The average molecular weight is 412 g/mol. The van der Waals surface area contributed by atoms with Gasteiger partial charge in [0.05, 0.1) is 23.6 Å². The molecule has 0 radical (unpaired) electrons. The summed E-state index contributed by atoms with van der Waals surface area (Å²) in [5.41, 5.74) is 1.48. The van der Waals surface area contributed by atoms with Crippen LogP contribution in [0.5, 0.6) is 0 Å². The normalized spacial score (nSPS) is 22.1. The maximum absolute atomic E-state index is 13.8. The molecule has 0 spiro atoms. The molecule has 7 nitrogen and oxygen atoms in total. The number of fused-ring (bicyclic) bond motifs is 2. The fourth-order valence-corrected chi connectivity index (χ4v) is 4.36. The molecule has 1 aliphatic carbocycles. The van der Waals surface area contributed by atoms with E-state index in [2.05, 4.69) is 10.1 Å². The number of ketones is 2. The lowest BCUT2D eigenvalue weighted by Crippen LogP contribution is -2.44. The summed E-state index contributed by atoms with van der Waals surface area (Å²) < 4.78 is 15.3. The van der Waals surface area contributed by atoms with E-state index in [1.807, 2.05) is 0 Å². The van der Waals surface area contributed by atoms with Gasteiger partial charge in [-0.3, -0.25) is 24.0 Å². The number of pyridine rings is 1. The van der Waals surface area contributed by atoms with Crippen LogP contribution in [0.3, 0.4) is 0 Å². The van der Waals surface area contributed by atoms with E-state index in [4.69, 9.17) is 0 Å². The Morgan fingerprint density at radius 3 is 2.63 bits per heavy atom. The van der Waals surface area contributed by atoms with Crippen LogP contribution in [-0.4, -0.2) is 49.2 Å². The van der Waals surface area contributed by atoms with Gasteiger partial charge in [-0.15, -0.1) is 0 Å². The second kappa shape index (κ2) is 7.74. The molecule has 158 valence electrons. The van der Waals surface area contributed by atoms with E-state index in [0.29, 0.717) is 34.5 Å². The van der Waals surface area contributed by atoms with Gasteiger partial charge in [-0.1, -0.05) is 0 Å². The molecule has 0 N–H and O–H groups in total. The third-order valence-corrected chi connectivity index (χ3v) is 6.07. The fourth-order valence-electron chi connectivity index (χ4n) is 4.36. The minimum atomic E-state index is -0.501. The predicted octanol–water partition coefficient (Wildman–Crippen LogP) is 3.24. The average Bonchev–Trinajstić information content (AvgIpc) is 3.21. The van der Waals surface area contributed by atoms with Crippen molar-refractivity contribution in [2.75, 3.05) is 0 Å². The summed E-state index contributed by atoms with van der Waals surface area (Å²) in [5, 5.41) is 4.98. The van der Waals surface area contributed by atoms with Crippen molar-refractivity contribution in [1.29, 1.82) is 0 Å². The first-order valence-electron chi connectivity index (χ1n) is 10.2. The van der Waals surface area contributed by atoms with Crippen LogP contribution < -0.4 is 0 Å². The third kappa shape index (κ3) is 3.66. The largest absolute Gasteiger partial charge is 0.328 e. The molecule has 1 aliphatic heterocycles. The smallest absolute Gasteiger partial charge is 0.245 e. The molecule has 2 aliphatic rings. The lowest BCUT2D eigenvalue weighted by Gasteiger charge is -2.27. The fraction of sp³-hybridized carbons (Fsp3) is 0.500. The number of Topliss-reactive ketones (excluding diaryl/α,β-unsaturated/α-hetero) is 2. The van der Waals surface area contributed by atoms with Crippen molar-refractivity contribution in [3.63, 3.8) is 0 Å². The van der Waals surface area contributed by atoms with Crippen LogP contribution in [-0.2, 0) is 16.1 Å². The Bertz CT molecular complexity index is 1070. The molecule has 0 bridgehead atoms. The Morgan fingerprint density at radius 1 is 1.17 bits per heavy atom. The van der Waals surface area contributed by atoms with Gasteiger partial charge in [0.25, 0.3) is 0 Å². The summed E-state index contributed by atoms with van der Waals surface area (Å²) >= 11 is 0. The van der Waals surface area contributed by atoms with Crippen LogP contribution in [0.1, 0.15) is 56.9 Å². The van der Waals surface area contributed by atoms with E-state index in [0.717, 1.165) is 6.42 Å². The number of carbonyl (C=O) groups excluding carboxylic acids is 3. The molecule has 0 unspecified atom stereocenters. The number of carbonyl (C=O) groups is 3. The van der Waals surface area contributed by atoms with Crippen LogP contribution in [0, 0.1) is 5.92 Å². The zero-order valence-electron chi connectivity index (χ0n) is 17.4. The number of hydrogen-bond acceptors (Lipinski definition) is 5. The molecule has 3 heterocycles. The first kappa shape index (κ1) is 20.4. The molecule has 1 saturated heterocycles. The van der Waals surface area contributed by atoms with E-state index < -0.39 is 6.04 Å². The van der Waals surface area contributed by atoms with Crippen LogP contribution in [0.4, 0.5) is 4.39 Å². The summed E-state index contributed by atoms with van der Waals surface area (Å²) in [6, 6.07) is 1.28.